The summed E-state index contributed by atoms with van der Waals surface area (Å²) >= 11 is 0. The van der Waals surface area contributed by atoms with Gasteiger partial charge in [-0.3, -0.25) is 4.79 Å². The highest BCUT2D eigenvalue weighted by Gasteiger charge is 2.11. The van der Waals surface area contributed by atoms with Crippen LogP contribution in [0.2, 0.25) is 0 Å². The second kappa shape index (κ2) is 5.97. The number of aliphatic hydroxyl groups excluding tert-OH is 1. The summed E-state index contributed by atoms with van der Waals surface area (Å²) in [6, 6.07) is 0. The third-order valence-electron chi connectivity index (χ3n) is 1.61. The molecule has 0 aliphatic rings. The fourth-order valence-corrected chi connectivity index (χ4v) is 0.868. The summed E-state index contributed by atoms with van der Waals surface area (Å²) in [6.07, 6.45) is 0.887. The van der Waals surface area contributed by atoms with Crippen LogP contribution in [0.1, 0.15) is 33.1 Å². The van der Waals surface area contributed by atoms with Crippen molar-refractivity contribution < 1.29 is 14.7 Å². The Morgan fingerprint density at radius 3 is 2.50 bits per heavy atom. The minimum atomic E-state index is -0.622. The van der Waals surface area contributed by atoms with Crippen LogP contribution in [0.3, 0.4) is 0 Å². The van der Waals surface area contributed by atoms with E-state index in [2.05, 4.69) is 24.6 Å². The molecule has 0 fully saturated rings. The fourth-order valence-electron chi connectivity index (χ4n) is 0.868. The molecule has 0 amide bonds. The lowest BCUT2D eigenvalue weighted by Crippen LogP contribution is -2.18. The maximum absolute atomic E-state index is 10.6. The quantitative estimate of drug-likeness (QED) is 0.600. The van der Waals surface area contributed by atoms with E-state index in [1.807, 2.05) is 0 Å². The van der Waals surface area contributed by atoms with Crippen LogP contribution in [0.25, 0.3) is 0 Å². The van der Waals surface area contributed by atoms with E-state index in [4.69, 9.17) is 0 Å². The average Bonchev–Trinajstić information content (AvgIpc) is 2.00. The molecule has 0 bridgehead atoms. The molecule has 4 nitrogen and oxygen atoms in total. The van der Waals surface area contributed by atoms with E-state index >= 15 is 0 Å². The summed E-state index contributed by atoms with van der Waals surface area (Å²) in [5, 5.41) is 9.24. The molecule has 0 heterocycles. The second-order valence-corrected chi connectivity index (χ2v) is 3.32. The molecule has 0 aromatic heterocycles. The van der Waals surface area contributed by atoms with Gasteiger partial charge in [0, 0.05) is 0 Å². The highest BCUT2D eigenvalue weighted by atomic mass is 16.7. The Morgan fingerprint density at radius 2 is 2.08 bits per heavy atom. The highest BCUT2D eigenvalue weighted by molar-refractivity contribution is 5.69. The molecule has 0 radical (unpaired) electrons. The van der Waals surface area contributed by atoms with Crippen molar-refractivity contribution in [1.82, 2.24) is 0 Å². The van der Waals surface area contributed by atoms with Gasteiger partial charge in [-0.2, -0.15) is 5.90 Å². The largest absolute Gasteiger partial charge is 0.393 e. The van der Waals surface area contributed by atoms with E-state index in [1.54, 1.807) is 0 Å². The van der Waals surface area contributed by atoms with Crippen molar-refractivity contribution in [1.29, 1.82) is 0 Å². The number of rotatable bonds is 5. The van der Waals surface area contributed by atoms with E-state index in [-0.39, 0.29) is 6.42 Å². The average molecular weight is 175 g/mol. The Morgan fingerprint density at radius 1 is 1.50 bits per heavy atom. The van der Waals surface area contributed by atoms with Gasteiger partial charge in [-0.1, -0.05) is 13.8 Å². The smallest absolute Gasteiger partial charge is 0.327 e. The van der Waals surface area contributed by atoms with E-state index in [0.717, 1.165) is 6.42 Å². The van der Waals surface area contributed by atoms with Crippen LogP contribution < -0.4 is 5.90 Å². The van der Waals surface area contributed by atoms with E-state index in [9.17, 15) is 9.90 Å². The highest BCUT2D eigenvalue weighted by Crippen LogP contribution is 2.09. The van der Waals surface area contributed by atoms with Crippen molar-refractivity contribution in [2.45, 2.75) is 39.2 Å². The van der Waals surface area contributed by atoms with Crippen LogP contribution in [0, 0.1) is 5.92 Å². The molecule has 0 saturated carbocycles. The summed E-state index contributed by atoms with van der Waals surface area (Å²) in [5.74, 6) is 4.59. The zero-order valence-electron chi connectivity index (χ0n) is 7.62. The molecule has 0 unspecified atom stereocenters. The van der Waals surface area contributed by atoms with Gasteiger partial charge in [-0.25, -0.2) is 0 Å². The van der Waals surface area contributed by atoms with Gasteiger partial charge < -0.3 is 9.94 Å². The molecular formula is C8H17NO3. The maximum atomic E-state index is 10.6. The van der Waals surface area contributed by atoms with Crippen molar-refractivity contribution in [3.8, 4) is 0 Å². The van der Waals surface area contributed by atoms with Crippen molar-refractivity contribution in [3.05, 3.63) is 0 Å². The van der Waals surface area contributed by atoms with Gasteiger partial charge in [0.25, 0.3) is 0 Å². The lowest BCUT2D eigenvalue weighted by molar-refractivity contribution is -0.146. The standard InChI is InChI=1S/C8H17NO3/c1-6(2)3-4-7(10)5-8(11)12-9/h6-7,10H,3-5,9H2,1-2H3/t7-/m0/s1. The normalized spacial score (nSPS) is 13.1. The molecule has 4 heteroatoms. The number of hydrogen-bond donors (Lipinski definition) is 2. The Balaban J connectivity index is 3.45. The van der Waals surface area contributed by atoms with Gasteiger partial charge in [0.05, 0.1) is 12.5 Å². The van der Waals surface area contributed by atoms with Crippen LogP contribution in [0.5, 0.6) is 0 Å². The van der Waals surface area contributed by atoms with Crippen molar-refractivity contribution >= 4 is 5.97 Å². The molecule has 12 heavy (non-hydrogen) atoms. The molecule has 0 aliphatic carbocycles. The van der Waals surface area contributed by atoms with Crippen LogP contribution in [-0.2, 0) is 9.63 Å². The van der Waals surface area contributed by atoms with Crippen LogP contribution in [0.15, 0.2) is 0 Å². The van der Waals surface area contributed by atoms with Gasteiger partial charge in [-0.15, -0.1) is 0 Å². The van der Waals surface area contributed by atoms with E-state index in [1.165, 1.54) is 0 Å². The fraction of sp³-hybridized carbons (Fsp3) is 0.875. The Kier molecular flexibility index (Phi) is 5.66. The first kappa shape index (κ1) is 11.4. The zero-order chi connectivity index (χ0) is 9.56. The predicted molar refractivity (Wildman–Crippen MR) is 45.0 cm³/mol. The SMILES string of the molecule is CC(C)CC[C@H](O)CC(=O)ON. The van der Waals surface area contributed by atoms with Crippen molar-refractivity contribution in [2.24, 2.45) is 11.8 Å². The molecule has 1 atom stereocenters. The molecule has 0 rings (SSSR count). The summed E-state index contributed by atoms with van der Waals surface area (Å²) in [4.78, 5) is 14.5. The molecule has 3 N–H and O–H groups in total. The summed E-state index contributed by atoms with van der Waals surface area (Å²) in [5.41, 5.74) is 0. The first-order valence-electron chi connectivity index (χ1n) is 4.14. The second-order valence-electron chi connectivity index (χ2n) is 3.32. The number of carbonyl (C=O) groups is 1. The molecule has 0 spiro atoms. The predicted octanol–water partition coefficient (Wildman–Crippen LogP) is 0.591. The lowest BCUT2D eigenvalue weighted by atomic mass is 10.0. The van der Waals surface area contributed by atoms with Crippen LogP contribution in [0.4, 0.5) is 0 Å². The van der Waals surface area contributed by atoms with Crippen LogP contribution in [-0.4, -0.2) is 17.2 Å². The van der Waals surface area contributed by atoms with Gasteiger partial charge >= 0.3 is 5.97 Å². The number of carbonyl (C=O) groups excluding carboxylic acids is 1. The summed E-state index contributed by atoms with van der Waals surface area (Å²) in [6.45, 7) is 4.13. The van der Waals surface area contributed by atoms with E-state index < -0.39 is 12.1 Å². The Labute approximate surface area is 72.7 Å². The molecule has 0 aromatic rings. The summed E-state index contributed by atoms with van der Waals surface area (Å²) < 4.78 is 0. The molecule has 0 aromatic carbocycles. The van der Waals surface area contributed by atoms with Gasteiger partial charge in [0.15, 0.2) is 0 Å². The first-order chi connectivity index (χ1) is 5.56. The number of hydrogen-bond acceptors (Lipinski definition) is 4. The Bertz CT molecular complexity index is 136. The number of nitrogens with two attached hydrogens (primary N) is 1. The van der Waals surface area contributed by atoms with E-state index in [0.29, 0.717) is 12.3 Å². The minimum absolute atomic E-state index is 0.0107. The lowest BCUT2D eigenvalue weighted by Gasteiger charge is -2.09. The van der Waals surface area contributed by atoms with Gasteiger partial charge in [0.1, 0.15) is 0 Å². The van der Waals surface area contributed by atoms with Gasteiger partial charge in [-0.05, 0) is 18.8 Å². The number of aliphatic hydroxyl groups is 1. The first-order valence-corrected chi connectivity index (χ1v) is 4.14. The molecule has 0 aliphatic heterocycles. The molecular weight excluding hydrogens is 158 g/mol. The monoisotopic (exact) mass is 175 g/mol. The van der Waals surface area contributed by atoms with Crippen LogP contribution >= 0.6 is 0 Å². The van der Waals surface area contributed by atoms with Crippen molar-refractivity contribution in [3.63, 3.8) is 0 Å². The topological polar surface area (TPSA) is 72.5 Å². The third kappa shape index (κ3) is 6.12. The molecule has 72 valence electrons. The van der Waals surface area contributed by atoms with Crippen molar-refractivity contribution in [2.75, 3.05) is 0 Å². The molecule has 0 saturated heterocycles. The zero-order valence-corrected chi connectivity index (χ0v) is 7.62. The third-order valence-corrected chi connectivity index (χ3v) is 1.61. The minimum Gasteiger partial charge on any atom is -0.393 e. The summed E-state index contributed by atoms with van der Waals surface area (Å²) in [7, 11) is 0. The van der Waals surface area contributed by atoms with Gasteiger partial charge in [0.2, 0.25) is 0 Å². The Hall–Kier alpha value is -0.610. The maximum Gasteiger partial charge on any atom is 0.327 e.